The molecule has 0 aliphatic carbocycles. The number of nitrogens with one attached hydrogen (secondary N) is 1. The molecule has 0 atom stereocenters. The van der Waals surface area contributed by atoms with E-state index in [4.69, 9.17) is 14.2 Å². The molecule has 4 nitrogen and oxygen atoms in total. The third-order valence-electron chi connectivity index (χ3n) is 4.41. The first-order valence-corrected chi connectivity index (χ1v) is 10.8. The van der Waals surface area contributed by atoms with Crippen molar-refractivity contribution in [3.05, 3.63) is 57.6 Å². The molecule has 0 amide bonds. The highest BCUT2D eigenvalue weighted by molar-refractivity contribution is 9.10. The van der Waals surface area contributed by atoms with Crippen LogP contribution in [0.3, 0.4) is 0 Å². The number of rotatable bonds is 13. The fraction of sp³-hybridized carbons (Fsp3) is 0.478. The summed E-state index contributed by atoms with van der Waals surface area (Å²) in [6.45, 7) is 8.15. The van der Waals surface area contributed by atoms with Gasteiger partial charge in [-0.25, -0.2) is 0 Å². The van der Waals surface area contributed by atoms with E-state index in [0.29, 0.717) is 6.61 Å². The monoisotopic (exact) mass is 485 g/mol. The number of ether oxygens (including phenoxy) is 3. The molecule has 6 heteroatoms. The molecule has 0 fully saturated rings. The van der Waals surface area contributed by atoms with Crippen molar-refractivity contribution in [2.75, 3.05) is 26.9 Å². The summed E-state index contributed by atoms with van der Waals surface area (Å²) in [7, 11) is 1.67. The highest BCUT2D eigenvalue weighted by atomic mass is 79.9. The third kappa shape index (κ3) is 9.39. The SMILES string of the molecule is CCCCOCCCNCc1cc(Br)c(OCc2ccc(C)cc2)c(OC)c1.Cl. The van der Waals surface area contributed by atoms with Gasteiger partial charge in [0.1, 0.15) is 6.61 Å². The number of methoxy groups -OCH3 is 1. The Kier molecular flexibility index (Phi) is 13.0. The van der Waals surface area contributed by atoms with Crippen molar-refractivity contribution in [2.24, 2.45) is 0 Å². The third-order valence-corrected chi connectivity index (χ3v) is 5.00. The lowest BCUT2D eigenvalue weighted by Gasteiger charge is -2.15. The van der Waals surface area contributed by atoms with Crippen LogP contribution in [0.25, 0.3) is 0 Å². The Morgan fingerprint density at radius 1 is 1.00 bits per heavy atom. The zero-order chi connectivity index (χ0) is 20.2. The van der Waals surface area contributed by atoms with E-state index in [1.165, 1.54) is 12.0 Å². The van der Waals surface area contributed by atoms with Crippen LogP contribution in [0.4, 0.5) is 0 Å². The molecular weight excluding hydrogens is 454 g/mol. The molecule has 0 aromatic heterocycles. The lowest BCUT2D eigenvalue weighted by molar-refractivity contribution is 0.129. The predicted octanol–water partition coefficient (Wildman–Crippen LogP) is 6.06. The Morgan fingerprint density at radius 3 is 2.41 bits per heavy atom. The number of hydrogen-bond acceptors (Lipinski definition) is 4. The molecule has 2 aromatic carbocycles. The van der Waals surface area contributed by atoms with E-state index >= 15 is 0 Å². The summed E-state index contributed by atoms with van der Waals surface area (Å²) in [5, 5.41) is 3.46. The molecule has 0 aliphatic rings. The van der Waals surface area contributed by atoms with Gasteiger partial charge in [-0.1, -0.05) is 43.2 Å². The highest BCUT2D eigenvalue weighted by Crippen LogP contribution is 2.37. The minimum Gasteiger partial charge on any atom is -0.493 e. The van der Waals surface area contributed by atoms with Crippen molar-refractivity contribution in [3.63, 3.8) is 0 Å². The van der Waals surface area contributed by atoms with Crippen LogP contribution in [-0.4, -0.2) is 26.9 Å². The second kappa shape index (κ2) is 14.7. The van der Waals surface area contributed by atoms with Crippen molar-refractivity contribution in [1.82, 2.24) is 5.32 Å². The summed E-state index contributed by atoms with van der Waals surface area (Å²) in [4.78, 5) is 0. The Labute approximate surface area is 189 Å². The molecule has 0 spiro atoms. The second-order valence-corrected chi connectivity index (χ2v) is 7.73. The average molecular weight is 487 g/mol. The van der Waals surface area contributed by atoms with Gasteiger partial charge in [-0.2, -0.15) is 0 Å². The normalized spacial score (nSPS) is 10.5. The fourth-order valence-corrected chi connectivity index (χ4v) is 3.34. The zero-order valence-corrected chi connectivity index (χ0v) is 20.0. The summed E-state index contributed by atoms with van der Waals surface area (Å²) in [5.74, 6) is 1.47. The van der Waals surface area contributed by atoms with Crippen LogP contribution in [0.1, 0.15) is 42.9 Å². The Bertz CT molecular complexity index is 710. The summed E-state index contributed by atoms with van der Waals surface area (Å²) in [6.07, 6.45) is 3.33. The molecule has 0 saturated heterocycles. The van der Waals surface area contributed by atoms with Gasteiger partial charge in [0, 0.05) is 19.8 Å². The minimum atomic E-state index is 0. The molecule has 0 bridgehead atoms. The highest BCUT2D eigenvalue weighted by Gasteiger charge is 2.12. The van der Waals surface area contributed by atoms with E-state index in [-0.39, 0.29) is 12.4 Å². The smallest absolute Gasteiger partial charge is 0.175 e. The van der Waals surface area contributed by atoms with Crippen molar-refractivity contribution >= 4 is 28.3 Å². The summed E-state index contributed by atoms with van der Waals surface area (Å²) < 4.78 is 18.1. The van der Waals surface area contributed by atoms with Gasteiger partial charge in [0.05, 0.1) is 11.6 Å². The molecule has 0 saturated carbocycles. The molecule has 2 aromatic rings. The molecule has 2 rings (SSSR count). The average Bonchev–Trinajstić information content (AvgIpc) is 2.70. The number of halogens is 2. The first-order chi connectivity index (χ1) is 13.6. The predicted molar refractivity (Wildman–Crippen MR) is 126 cm³/mol. The topological polar surface area (TPSA) is 39.7 Å². The molecule has 0 aliphatic heterocycles. The van der Waals surface area contributed by atoms with Crippen LogP contribution >= 0.6 is 28.3 Å². The van der Waals surface area contributed by atoms with Gasteiger partial charge in [-0.05, 0) is 65.5 Å². The summed E-state index contributed by atoms with van der Waals surface area (Å²) >= 11 is 3.63. The molecule has 0 unspecified atom stereocenters. The van der Waals surface area contributed by atoms with Crippen LogP contribution in [0, 0.1) is 6.92 Å². The number of benzene rings is 2. The van der Waals surface area contributed by atoms with Crippen molar-refractivity contribution in [2.45, 2.75) is 46.3 Å². The number of aryl methyl sites for hydroxylation is 1. The molecule has 0 radical (unpaired) electrons. The minimum absolute atomic E-state index is 0. The van der Waals surface area contributed by atoms with E-state index in [9.17, 15) is 0 Å². The van der Waals surface area contributed by atoms with Crippen LogP contribution in [-0.2, 0) is 17.9 Å². The van der Waals surface area contributed by atoms with Crippen molar-refractivity contribution < 1.29 is 14.2 Å². The quantitative estimate of drug-likeness (QED) is 0.349. The van der Waals surface area contributed by atoms with Crippen LogP contribution in [0.15, 0.2) is 40.9 Å². The van der Waals surface area contributed by atoms with Gasteiger partial charge in [0.15, 0.2) is 11.5 Å². The standard InChI is InChI=1S/C23H32BrNO3.ClH/c1-4-5-12-27-13-6-11-25-16-20-14-21(24)23(22(15-20)26-3)28-17-19-9-7-18(2)8-10-19;/h7-10,14-15,25H,4-6,11-13,16-17H2,1-3H3;1H. The van der Waals surface area contributed by atoms with Crippen molar-refractivity contribution in [1.29, 1.82) is 0 Å². The van der Waals surface area contributed by atoms with Gasteiger partial charge in [0.2, 0.25) is 0 Å². The summed E-state index contributed by atoms with van der Waals surface area (Å²) in [6, 6.07) is 12.5. The maximum absolute atomic E-state index is 6.02. The molecule has 162 valence electrons. The van der Waals surface area contributed by atoms with E-state index in [1.807, 2.05) is 6.07 Å². The Balaban J connectivity index is 0.00000420. The molecule has 1 N–H and O–H groups in total. The fourth-order valence-electron chi connectivity index (χ4n) is 2.74. The van der Waals surface area contributed by atoms with Crippen LogP contribution < -0.4 is 14.8 Å². The lowest BCUT2D eigenvalue weighted by Crippen LogP contribution is -2.16. The summed E-state index contributed by atoms with van der Waals surface area (Å²) in [5.41, 5.74) is 3.52. The largest absolute Gasteiger partial charge is 0.493 e. The van der Waals surface area contributed by atoms with E-state index < -0.39 is 0 Å². The first-order valence-electron chi connectivity index (χ1n) is 9.97. The van der Waals surface area contributed by atoms with Gasteiger partial charge >= 0.3 is 0 Å². The second-order valence-electron chi connectivity index (χ2n) is 6.88. The molecular formula is C23H33BrClNO3. The van der Waals surface area contributed by atoms with E-state index in [0.717, 1.165) is 66.2 Å². The number of hydrogen-bond donors (Lipinski definition) is 1. The van der Waals surface area contributed by atoms with E-state index in [2.05, 4.69) is 65.4 Å². The van der Waals surface area contributed by atoms with Crippen molar-refractivity contribution in [3.8, 4) is 11.5 Å². The van der Waals surface area contributed by atoms with Gasteiger partial charge < -0.3 is 19.5 Å². The Morgan fingerprint density at radius 2 is 1.72 bits per heavy atom. The molecule has 29 heavy (non-hydrogen) atoms. The van der Waals surface area contributed by atoms with Crippen LogP contribution in [0.5, 0.6) is 11.5 Å². The van der Waals surface area contributed by atoms with Gasteiger partial charge in [-0.3, -0.25) is 0 Å². The van der Waals surface area contributed by atoms with Crippen LogP contribution in [0.2, 0.25) is 0 Å². The van der Waals surface area contributed by atoms with Gasteiger partial charge in [-0.15, -0.1) is 12.4 Å². The maximum atomic E-state index is 6.02. The Hall–Kier alpha value is -1.27. The number of unbranched alkanes of at least 4 members (excludes halogenated alkanes) is 1. The van der Waals surface area contributed by atoms with Gasteiger partial charge in [0.25, 0.3) is 0 Å². The van der Waals surface area contributed by atoms with E-state index in [1.54, 1.807) is 7.11 Å². The maximum Gasteiger partial charge on any atom is 0.175 e. The first kappa shape index (κ1) is 25.8. The molecule has 0 heterocycles. The lowest BCUT2D eigenvalue weighted by atomic mass is 10.1. The zero-order valence-electron chi connectivity index (χ0n) is 17.6.